The van der Waals surface area contributed by atoms with Gasteiger partial charge in [0.05, 0.1) is 6.04 Å². The minimum Gasteiger partial charge on any atom is -0.330 e. The third kappa shape index (κ3) is 3.57. The van der Waals surface area contributed by atoms with E-state index in [0.717, 1.165) is 22.4 Å². The number of carbonyl (C=O) groups is 1. The van der Waals surface area contributed by atoms with Crippen LogP contribution in [0.4, 0.5) is 4.39 Å². The average molecular weight is 468 g/mol. The molecular weight excluding hydrogens is 441 g/mol. The second-order valence-corrected chi connectivity index (χ2v) is 10.6. The van der Waals surface area contributed by atoms with Crippen molar-refractivity contribution in [2.24, 2.45) is 17.8 Å². The van der Waals surface area contributed by atoms with Crippen molar-refractivity contribution in [1.29, 1.82) is 0 Å². The Hall–Kier alpha value is -3.24. The standard InChI is InChI=1S/C30H26FNOS/c1-19-8-7-12-24-28(19)30(33)32(18-20-9-3-2-4-10-20)29(24)23-15-14-22(16-25(23)31)27-17-21-11-5-6-13-26(21)34-27/h2-7,9-17,19,24,28-29H,8,18H2,1H3/t19-,24+,28+,29+/m1/s1. The SMILES string of the molecule is C[C@@H]1CC=C[C@H]2[C@H]1C(=O)N(Cc1ccccc1)[C@H]2c1ccc(-c2cc3ccccc3s2)cc1F. The summed E-state index contributed by atoms with van der Waals surface area (Å²) in [5.41, 5.74) is 2.56. The molecule has 1 fully saturated rings. The highest BCUT2D eigenvalue weighted by Crippen LogP contribution is 2.49. The molecule has 2 nitrogen and oxygen atoms in total. The molecule has 0 N–H and O–H groups in total. The smallest absolute Gasteiger partial charge is 0.227 e. The summed E-state index contributed by atoms with van der Waals surface area (Å²) in [6.45, 7) is 2.64. The molecule has 1 saturated heterocycles. The van der Waals surface area contributed by atoms with E-state index in [2.05, 4.69) is 37.3 Å². The predicted molar refractivity (Wildman–Crippen MR) is 137 cm³/mol. The number of carbonyl (C=O) groups excluding carboxylic acids is 1. The van der Waals surface area contributed by atoms with Crippen molar-refractivity contribution in [3.05, 3.63) is 108 Å². The van der Waals surface area contributed by atoms with E-state index in [1.165, 1.54) is 10.1 Å². The maximum atomic E-state index is 15.8. The van der Waals surface area contributed by atoms with Crippen LogP contribution in [-0.2, 0) is 11.3 Å². The molecule has 170 valence electrons. The van der Waals surface area contributed by atoms with E-state index < -0.39 is 0 Å². The highest BCUT2D eigenvalue weighted by molar-refractivity contribution is 7.22. The Kier molecular flexibility index (Phi) is 5.34. The molecular formula is C30H26FNOS. The number of amides is 1. The topological polar surface area (TPSA) is 20.3 Å². The molecule has 4 aromatic rings. The van der Waals surface area contributed by atoms with E-state index in [4.69, 9.17) is 0 Å². The molecule has 0 spiro atoms. The van der Waals surface area contributed by atoms with E-state index >= 15 is 4.39 Å². The van der Waals surface area contributed by atoms with Gasteiger partial charge in [0.2, 0.25) is 5.91 Å². The number of hydrogen-bond acceptors (Lipinski definition) is 2. The van der Waals surface area contributed by atoms with Gasteiger partial charge in [-0.15, -0.1) is 11.3 Å². The van der Waals surface area contributed by atoms with Crippen LogP contribution in [0.2, 0.25) is 0 Å². The molecule has 2 aliphatic rings. The summed E-state index contributed by atoms with van der Waals surface area (Å²) in [7, 11) is 0. The Morgan fingerprint density at radius 3 is 2.59 bits per heavy atom. The minimum atomic E-state index is -0.298. The zero-order chi connectivity index (χ0) is 23.2. The van der Waals surface area contributed by atoms with Crippen LogP contribution in [0.15, 0.2) is 91.0 Å². The van der Waals surface area contributed by atoms with Gasteiger partial charge in [-0.2, -0.15) is 0 Å². The van der Waals surface area contributed by atoms with Crippen molar-refractivity contribution in [2.45, 2.75) is 25.9 Å². The van der Waals surface area contributed by atoms with Gasteiger partial charge < -0.3 is 4.90 Å². The van der Waals surface area contributed by atoms with Crippen LogP contribution in [0.5, 0.6) is 0 Å². The molecule has 1 aliphatic heterocycles. The molecule has 4 atom stereocenters. The number of halogens is 1. The number of allylic oxidation sites excluding steroid dienone is 1. The molecule has 3 aromatic carbocycles. The minimum absolute atomic E-state index is 0.00959. The second kappa shape index (κ2) is 8.52. The fourth-order valence-corrected chi connectivity index (χ4v) is 6.78. The zero-order valence-corrected chi connectivity index (χ0v) is 19.8. The van der Waals surface area contributed by atoms with Crippen LogP contribution >= 0.6 is 11.3 Å². The van der Waals surface area contributed by atoms with E-state index in [9.17, 15) is 4.79 Å². The first-order valence-electron chi connectivity index (χ1n) is 11.9. The average Bonchev–Trinajstić information content (AvgIpc) is 3.40. The van der Waals surface area contributed by atoms with E-state index in [0.29, 0.717) is 12.1 Å². The lowest BCUT2D eigenvalue weighted by Crippen LogP contribution is -2.31. The van der Waals surface area contributed by atoms with Gasteiger partial charge in [-0.05, 0) is 47.1 Å². The van der Waals surface area contributed by atoms with Gasteiger partial charge in [0.1, 0.15) is 5.82 Å². The fourth-order valence-electron chi connectivity index (χ4n) is 5.72. The van der Waals surface area contributed by atoms with Gasteiger partial charge in [0.15, 0.2) is 0 Å². The lowest BCUT2D eigenvalue weighted by molar-refractivity contribution is -0.134. The Morgan fingerprint density at radius 2 is 1.79 bits per heavy atom. The van der Waals surface area contributed by atoms with Crippen LogP contribution in [0.1, 0.15) is 30.5 Å². The van der Waals surface area contributed by atoms with Crippen molar-refractivity contribution < 1.29 is 9.18 Å². The molecule has 6 rings (SSSR count). The third-order valence-electron chi connectivity index (χ3n) is 7.39. The molecule has 0 bridgehead atoms. The predicted octanol–water partition coefficient (Wildman–Crippen LogP) is 7.62. The van der Waals surface area contributed by atoms with Gasteiger partial charge in [-0.1, -0.05) is 79.7 Å². The number of nitrogens with zero attached hydrogens (tertiary/aromatic N) is 1. The summed E-state index contributed by atoms with van der Waals surface area (Å²) < 4.78 is 17.0. The number of hydrogen-bond donors (Lipinski definition) is 0. The zero-order valence-electron chi connectivity index (χ0n) is 19.0. The van der Waals surface area contributed by atoms with Gasteiger partial charge in [-0.25, -0.2) is 4.39 Å². The number of benzene rings is 3. The first kappa shape index (κ1) is 21.3. The fraction of sp³-hybridized carbons (Fsp3) is 0.233. The van der Waals surface area contributed by atoms with E-state index in [-0.39, 0.29) is 35.5 Å². The maximum absolute atomic E-state index is 15.8. The van der Waals surface area contributed by atoms with Crippen LogP contribution < -0.4 is 0 Å². The Labute approximate surface area is 203 Å². The van der Waals surface area contributed by atoms with Gasteiger partial charge in [0, 0.05) is 33.5 Å². The molecule has 1 aliphatic carbocycles. The van der Waals surface area contributed by atoms with Crippen LogP contribution in [0.3, 0.4) is 0 Å². The summed E-state index contributed by atoms with van der Waals surface area (Å²) in [6.07, 6.45) is 5.21. The van der Waals surface area contributed by atoms with Crippen LogP contribution in [-0.4, -0.2) is 10.8 Å². The van der Waals surface area contributed by atoms with E-state index in [1.54, 1.807) is 17.4 Å². The Balaban J connectivity index is 1.40. The number of rotatable bonds is 4. The van der Waals surface area contributed by atoms with Crippen molar-refractivity contribution in [3.63, 3.8) is 0 Å². The molecule has 0 unspecified atom stereocenters. The van der Waals surface area contributed by atoms with Gasteiger partial charge >= 0.3 is 0 Å². The summed E-state index contributed by atoms with van der Waals surface area (Å²) in [5, 5.41) is 1.17. The molecule has 0 saturated carbocycles. The van der Waals surface area contributed by atoms with Crippen LogP contribution in [0.25, 0.3) is 20.5 Å². The Bertz CT molecular complexity index is 1360. The van der Waals surface area contributed by atoms with Crippen molar-refractivity contribution in [1.82, 2.24) is 4.90 Å². The molecule has 2 heterocycles. The molecule has 0 radical (unpaired) electrons. The van der Waals surface area contributed by atoms with Crippen molar-refractivity contribution in [3.8, 4) is 10.4 Å². The summed E-state index contributed by atoms with van der Waals surface area (Å²) >= 11 is 1.68. The molecule has 34 heavy (non-hydrogen) atoms. The lowest BCUT2D eigenvalue weighted by Gasteiger charge is -2.30. The maximum Gasteiger partial charge on any atom is 0.227 e. The molecule has 1 aromatic heterocycles. The second-order valence-electron chi connectivity index (χ2n) is 9.53. The van der Waals surface area contributed by atoms with Gasteiger partial charge in [0.25, 0.3) is 0 Å². The molecule has 4 heteroatoms. The number of likely N-dealkylation sites (tertiary alicyclic amines) is 1. The first-order valence-corrected chi connectivity index (χ1v) is 12.7. The highest BCUT2D eigenvalue weighted by Gasteiger charge is 2.50. The first-order chi connectivity index (χ1) is 16.6. The summed E-state index contributed by atoms with van der Waals surface area (Å²) in [4.78, 5) is 16.6. The highest BCUT2D eigenvalue weighted by atomic mass is 32.1. The third-order valence-corrected chi connectivity index (χ3v) is 8.55. The number of fused-ring (bicyclic) bond motifs is 2. The quantitative estimate of drug-likeness (QED) is 0.283. The Morgan fingerprint density at radius 1 is 1.00 bits per heavy atom. The van der Waals surface area contributed by atoms with Crippen molar-refractivity contribution >= 4 is 27.3 Å². The largest absolute Gasteiger partial charge is 0.330 e. The van der Waals surface area contributed by atoms with Crippen LogP contribution in [0, 0.1) is 23.6 Å². The van der Waals surface area contributed by atoms with Gasteiger partial charge in [-0.3, -0.25) is 4.79 Å². The number of thiophene rings is 1. The van der Waals surface area contributed by atoms with Crippen molar-refractivity contribution in [2.75, 3.05) is 0 Å². The lowest BCUT2D eigenvalue weighted by atomic mass is 9.75. The summed E-state index contributed by atoms with van der Waals surface area (Å²) in [5.74, 6) is 0.0541. The monoisotopic (exact) mass is 467 g/mol. The van der Waals surface area contributed by atoms with E-state index in [1.807, 2.05) is 59.5 Å². The molecule has 1 amide bonds. The normalized spacial score (nSPS) is 24.1. The summed E-state index contributed by atoms with van der Waals surface area (Å²) in [6, 6.07) is 25.6.